The summed E-state index contributed by atoms with van der Waals surface area (Å²) in [5.41, 5.74) is 2.68. The van der Waals surface area contributed by atoms with Crippen molar-refractivity contribution in [2.24, 2.45) is 0 Å². The van der Waals surface area contributed by atoms with E-state index in [9.17, 15) is 9.59 Å². The van der Waals surface area contributed by atoms with Crippen molar-refractivity contribution in [3.05, 3.63) is 51.8 Å². The van der Waals surface area contributed by atoms with E-state index in [4.69, 9.17) is 4.74 Å². The van der Waals surface area contributed by atoms with Gasteiger partial charge < -0.3 is 10.1 Å². The highest BCUT2D eigenvalue weighted by Crippen LogP contribution is 2.29. The molecule has 0 spiro atoms. The molecule has 2 heterocycles. The van der Waals surface area contributed by atoms with E-state index in [-0.39, 0.29) is 17.3 Å². The molecule has 0 aliphatic heterocycles. The Hall–Kier alpha value is -2.19. The molecule has 7 nitrogen and oxygen atoms in total. The molecule has 0 atom stereocenters. The molecule has 0 aromatic carbocycles. The van der Waals surface area contributed by atoms with Gasteiger partial charge in [0.05, 0.1) is 24.6 Å². The molecule has 0 radical (unpaired) electrons. The molecule has 1 amide bonds. The Morgan fingerprint density at radius 1 is 1.38 bits per heavy atom. The van der Waals surface area contributed by atoms with Crippen LogP contribution in [0.2, 0.25) is 0 Å². The average Bonchev–Trinajstić information content (AvgIpc) is 3.13. The van der Waals surface area contributed by atoms with Gasteiger partial charge in [-0.3, -0.25) is 14.3 Å². The number of ether oxygens (including phenoxy) is 1. The fourth-order valence-corrected chi connectivity index (χ4v) is 3.91. The second-order valence-electron chi connectivity index (χ2n) is 6.02. The predicted molar refractivity (Wildman–Crippen MR) is 99.5 cm³/mol. The SMILES string of the molecule is COCCNC(=O)CSc1nc(=O)n(Cc2ccccn2)c2c1CCC2. The van der Waals surface area contributed by atoms with Crippen molar-refractivity contribution in [3.63, 3.8) is 0 Å². The summed E-state index contributed by atoms with van der Waals surface area (Å²) in [4.78, 5) is 33.0. The van der Waals surface area contributed by atoms with E-state index in [1.54, 1.807) is 17.9 Å². The Bertz CT molecular complexity index is 823. The van der Waals surface area contributed by atoms with Gasteiger partial charge in [0.15, 0.2) is 0 Å². The lowest BCUT2D eigenvalue weighted by Gasteiger charge is -2.14. The number of hydrogen-bond acceptors (Lipinski definition) is 6. The third kappa shape index (κ3) is 4.50. The number of hydrogen-bond donors (Lipinski definition) is 1. The van der Waals surface area contributed by atoms with Crippen molar-refractivity contribution in [1.29, 1.82) is 0 Å². The summed E-state index contributed by atoms with van der Waals surface area (Å²) < 4.78 is 6.63. The van der Waals surface area contributed by atoms with Crippen LogP contribution in [-0.4, -0.2) is 46.5 Å². The Morgan fingerprint density at radius 3 is 3.04 bits per heavy atom. The average molecular weight is 374 g/mol. The number of nitrogens with zero attached hydrogens (tertiary/aromatic N) is 3. The first kappa shape index (κ1) is 18.6. The highest BCUT2D eigenvalue weighted by atomic mass is 32.2. The summed E-state index contributed by atoms with van der Waals surface area (Å²) in [5.74, 6) is 0.158. The number of carbonyl (C=O) groups excluding carboxylic acids is 1. The van der Waals surface area contributed by atoms with Gasteiger partial charge in [0, 0.05) is 31.1 Å². The largest absolute Gasteiger partial charge is 0.383 e. The minimum absolute atomic E-state index is 0.0849. The summed E-state index contributed by atoms with van der Waals surface area (Å²) in [6.07, 6.45) is 4.46. The molecule has 0 fully saturated rings. The lowest BCUT2D eigenvalue weighted by atomic mass is 10.2. The first-order valence-electron chi connectivity index (χ1n) is 8.60. The van der Waals surface area contributed by atoms with Crippen molar-refractivity contribution in [2.45, 2.75) is 30.8 Å². The summed E-state index contributed by atoms with van der Waals surface area (Å²) in [6, 6.07) is 5.67. The molecule has 1 N–H and O–H groups in total. The predicted octanol–water partition coefficient (Wildman–Crippen LogP) is 1.03. The number of methoxy groups -OCH3 is 1. The molecule has 1 aliphatic carbocycles. The molecule has 26 heavy (non-hydrogen) atoms. The second-order valence-corrected chi connectivity index (χ2v) is 6.98. The molecular formula is C18H22N4O3S. The standard InChI is InChI=1S/C18H22N4O3S/c1-25-10-9-20-16(23)12-26-17-14-6-4-7-15(14)22(18(24)21-17)11-13-5-2-3-8-19-13/h2-3,5,8H,4,6-7,9-12H2,1H3,(H,20,23). The Kier molecular flexibility index (Phi) is 6.40. The number of aromatic nitrogens is 3. The number of amides is 1. The van der Waals surface area contributed by atoms with Crippen molar-refractivity contribution >= 4 is 17.7 Å². The van der Waals surface area contributed by atoms with Crippen LogP contribution in [0.4, 0.5) is 0 Å². The van der Waals surface area contributed by atoms with E-state index in [1.165, 1.54) is 11.8 Å². The molecule has 2 aromatic heterocycles. The molecule has 0 saturated heterocycles. The van der Waals surface area contributed by atoms with E-state index >= 15 is 0 Å². The van der Waals surface area contributed by atoms with Crippen LogP contribution in [-0.2, 0) is 28.9 Å². The van der Waals surface area contributed by atoms with Crippen LogP contribution in [0.1, 0.15) is 23.4 Å². The van der Waals surface area contributed by atoms with Crippen molar-refractivity contribution in [1.82, 2.24) is 19.9 Å². The zero-order chi connectivity index (χ0) is 18.4. The van der Waals surface area contributed by atoms with E-state index < -0.39 is 0 Å². The lowest BCUT2D eigenvalue weighted by molar-refractivity contribution is -0.118. The number of thioether (sulfide) groups is 1. The number of fused-ring (bicyclic) bond motifs is 1. The highest BCUT2D eigenvalue weighted by molar-refractivity contribution is 7.99. The van der Waals surface area contributed by atoms with Gasteiger partial charge in [0.25, 0.3) is 0 Å². The summed E-state index contributed by atoms with van der Waals surface area (Å²) >= 11 is 1.33. The normalized spacial score (nSPS) is 12.8. The zero-order valence-corrected chi connectivity index (χ0v) is 15.6. The first-order valence-corrected chi connectivity index (χ1v) is 9.58. The molecule has 3 rings (SSSR count). The monoisotopic (exact) mass is 374 g/mol. The molecule has 138 valence electrons. The fraction of sp³-hybridized carbons (Fsp3) is 0.444. The molecular weight excluding hydrogens is 352 g/mol. The second kappa shape index (κ2) is 8.95. The zero-order valence-electron chi connectivity index (χ0n) is 14.7. The maximum absolute atomic E-state index is 12.6. The minimum atomic E-state index is -0.279. The van der Waals surface area contributed by atoms with E-state index in [2.05, 4.69) is 15.3 Å². The Morgan fingerprint density at radius 2 is 2.27 bits per heavy atom. The van der Waals surface area contributed by atoms with Crippen LogP contribution in [0.25, 0.3) is 0 Å². The first-order chi connectivity index (χ1) is 12.7. The van der Waals surface area contributed by atoms with Gasteiger partial charge in [-0.05, 0) is 31.4 Å². The van der Waals surface area contributed by atoms with Crippen LogP contribution in [0.15, 0.2) is 34.2 Å². The molecule has 1 aliphatic rings. The number of pyridine rings is 1. The van der Waals surface area contributed by atoms with Crippen LogP contribution < -0.4 is 11.0 Å². The fourth-order valence-electron chi connectivity index (χ4n) is 3.00. The molecule has 0 bridgehead atoms. The third-order valence-electron chi connectivity index (χ3n) is 4.22. The van der Waals surface area contributed by atoms with Crippen molar-refractivity contribution in [2.75, 3.05) is 26.0 Å². The topological polar surface area (TPSA) is 86.1 Å². The molecule has 0 unspecified atom stereocenters. The maximum atomic E-state index is 12.6. The Labute approximate surface area is 156 Å². The number of nitrogens with one attached hydrogen (secondary N) is 1. The lowest BCUT2D eigenvalue weighted by Crippen LogP contribution is -2.30. The van der Waals surface area contributed by atoms with Gasteiger partial charge in [0.1, 0.15) is 5.03 Å². The van der Waals surface area contributed by atoms with Gasteiger partial charge in [-0.2, -0.15) is 4.98 Å². The number of rotatable bonds is 8. The summed E-state index contributed by atoms with van der Waals surface area (Å²) in [5, 5.41) is 3.46. The van der Waals surface area contributed by atoms with Crippen LogP contribution in [0.5, 0.6) is 0 Å². The van der Waals surface area contributed by atoms with Gasteiger partial charge >= 0.3 is 5.69 Å². The molecule has 2 aromatic rings. The van der Waals surface area contributed by atoms with Crippen LogP contribution in [0, 0.1) is 0 Å². The van der Waals surface area contributed by atoms with Gasteiger partial charge in [-0.1, -0.05) is 17.8 Å². The Balaban J connectivity index is 1.75. The number of carbonyl (C=O) groups is 1. The van der Waals surface area contributed by atoms with E-state index in [1.807, 2.05) is 18.2 Å². The smallest absolute Gasteiger partial charge is 0.349 e. The van der Waals surface area contributed by atoms with E-state index in [0.29, 0.717) is 24.7 Å². The van der Waals surface area contributed by atoms with Gasteiger partial charge in [0.2, 0.25) is 5.91 Å². The molecule has 0 saturated carbocycles. The van der Waals surface area contributed by atoms with Crippen LogP contribution >= 0.6 is 11.8 Å². The third-order valence-corrected chi connectivity index (χ3v) is 5.23. The van der Waals surface area contributed by atoms with Crippen molar-refractivity contribution < 1.29 is 9.53 Å². The van der Waals surface area contributed by atoms with Crippen LogP contribution in [0.3, 0.4) is 0 Å². The van der Waals surface area contributed by atoms with Crippen molar-refractivity contribution in [3.8, 4) is 0 Å². The molecule has 8 heteroatoms. The summed E-state index contributed by atoms with van der Waals surface area (Å²) in [7, 11) is 1.59. The summed E-state index contributed by atoms with van der Waals surface area (Å²) in [6.45, 7) is 1.39. The minimum Gasteiger partial charge on any atom is -0.383 e. The highest BCUT2D eigenvalue weighted by Gasteiger charge is 2.22. The quantitative estimate of drug-likeness (QED) is 0.422. The maximum Gasteiger partial charge on any atom is 0.349 e. The van der Waals surface area contributed by atoms with Gasteiger partial charge in [-0.25, -0.2) is 4.79 Å². The van der Waals surface area contributed by atoms with Gasteiger partial charge in [-0.15, -0.1) is 0 Å². The van der Waals surface area contributed by atoms with E-state index in [0.717, 1.165) is 36.2 Å².